The summed E-state index contributed by atoms with van der Waals surface area (Å²) in [6.07, 6.45) is 0. The number of rotatable bonds is 3. The number of aromatic hydroxyl groups is 3. The maximum Gasteiger partial charge on any atom is 0.308 e. The number of benzene rings is 2. The maximum atomic E-state index is 11.0. The van der Waals surface area contributed by atoms with Crippen LogP contribution in [-0.2, 0) is 4.79 Å². The summed E-state index contributed by atoms with van der Waals surface area (Å²) in [6, 6.07) is 7.70. The summed E-state index contributed by atoms with van der Waals surface area (Å²) in [5, 5.41) is 28.3. The molecule has 0 radical (unpaired) electrons. The quantitative estimate of drug-likeness (QED) is 0.589. The zero-order chi connectivity index (χ0) is 14.7. The first-order valence-electron chi connectivity index (χ1n) is 5.67. The Bertz CT molecular complexity index is 650. The van der Waals surface area contributed by atoms with Crippen molar-refractivity contribution < 1.29 is 29.6 Å². The molecule has 0 saturated heterocycles. The van der Waals surface area contributed by atoms with Gasteiger partial charge in [0.2, 0.25) is 0 Å². The lowest BCUT2D eigenvalue weighted by molar-refractivity contribution is -0.132. The van der Waals surface area contributed by atoms with Crippen molar-refractivity contribution in [2.75, 3.05) is 0 Å². The van der Waals surface area contributed by atoms with Gasteiger partial charge in [0.1, 0.15) is 11.5 Å². The third-order valence-corrected chi connectivity index (χ3v) is 2.34. The van der Waals surface area contributed by atoms with Gasteiger partial charge >= 0.3 is 5.97 Å². The first kappa shape index (κ1) is 13.5. The monoisotopic (exact) mass is 276 g/mol. The molecule has 0 bridgehead atoms. The second-order valence-electron chi connectivity index (χ2n) is 3.98. The van der Waals surface area contributed by atoms with E-state index in [0.29, 0.717) is 0 Å². The molecule has 0 aliphatic rings. The van der Waals surface area contributed by atoms with Crippen LogP contribution < -0.4 is 9.47 Å². The molecule has 0 unspecified atom stereocenters. The van der Waals surface area contributed by atoms with Crippen molar-refractivity contribution in [1.82, 2.24) is 0 Å². The highest BCUT2D eigenvalue weighted by molar-refractivity contribution is 5.70. The van der Waals surface area contributed by atoms with E-state index in [1.165, 1.54) is 37.3 Å². The molecule has 20 heavy (non-hydrogen) atoms. The van der Waals surface area contributed by atoms with Gasteiger partial charge in [0, 0.05) is 19.1 Å². The zero-order valence-electron chi connectivity index (χ0n) is 10.5. The van der Waals surface area contributed by atoms with E-state index in [1.54, 1.807) is 0 Å². The number of esters is 1. The highest BCUT2D eigenvalue weighted by atomic mass is 16.6. The van der Waals surface area contributed by atoms with Crippen molar-refractivity contribution in [3.8, 4) is 34.5 Å². The molecule has 0 spiro atoms. The van der Waals surface area contributed by atoms with E-state index in [4.69, 9.17) is 9.47 Å². The number of carbonyl (C=O) groups is 1. The fraction of sp³-hybridized carbons (Fsp3) is 0.0714. The van der Waals surface area contributed by atoms with Crippen molar-refractivity contribution in [1.29, 1.82) is 0 Å². The second-order valence-corrected chi connectivity index (χ2v) is 3.98. The van der Waals surface area contributed by atoms with E-state index in [2.05, 4.69) is 0 Å². The van der Waals surface area contributed by atoms with Crippen molar-refractivity contribution in [3.63, 3.8) is 0 Å². The van der Waals surface area contributed by atoms with Crippen molar-refractivity contribution >= 4 is 5.97 Å². The molecule has 104 valence electrons. The maximum absolute atomic E-state index is 11.0. The van der Waals surface area contributed by atoms with E-state index >= 15 is 0 Å². The Labute approximate surface area is 114 Å². The molecule has 2 aromatic rings. The minimum absolute atomic E-state index is 0.0433. The standard InChI is InChI=1S/C14H12O6/c1-8(15)19-13-5-3-10(17)7-14(13)20-12-4-2-9(16)6-11(12)18/h2-7,16-18H,1H3. The van der Waals surface area contributed by atoms with Gasteiger partial charge in [0.15, 0.2) is 23.0 Å². The smallest absolute Gasteiger partial charge is 0.308 e. The minimum atomic E-state index is -0.546. The molecule has 0 saturated carbocycles. The van der Waals surface area contributed by atoms with Crippen molar-refractivity contribution in [3.05, 3.63) is 36.4 Å². The second kappa shape index (κ2) is 5.40. The molecule has 0 amide bonds. The van der Waals surface area contributed by atoms with Gasteiger partial charge in [-0.3, -0.25) is 4.79 Å². The Morgan fingerprint density at radius 1 is 0.900 bits per heavy atom. The van der Waals surface area contributed by atoms with Crippen LogP contribution in [0.3, 0.4) is 0 Å². The molecule has 0 aliphatic carbocycles. The van der Waals surface area contributed by atoms with Crippen LogP contribution >= 0.6 is 0 Å². The molecular weight excluding hydrogens is 264 g/mol. The van der Waals surface area contributed by atoms with Crippen LogP contribution in [0.5, 0.6) is 34.5 Å². The third-order valence-electron chi connectivity index (χ3n) is 2.34. The van der Waals surface area contributed by atoms with Crippen LogP contribution in [0.4, 0.5) is 0 Å². The summed E-state index contributed by atoms with van der Waals surface area (Å²) in [5.74, 6) is -0.844. The first-order valence-corrected chi connectivity index (χ1v) is 5.67. The van der Waals surface area contributed by atoms with Crippen LogP contribution in [-0.4, -0.2) is 21.3 Å². The Balaban J connectivity index is 2.36. The van der Waals surface area contributed by atoms with Gasteiger partial charge in [-0.25, -0.2) is 0 Å². The summed E-state index contributed by atoms with van der Waals surface area (Å²) in [6.45, 7) is 1.23. The minimum Gasteiger partial charge on any atom is -0.508 e. The van der Waals surface area contributed by atoms with Crippen LogP contribution in [0.2, 0.25) is 0 Å². The average Bonchev–Trinajstić information content (AvgIpc) is 2.35. The Morgan fingerprint density at radius 3 is 2.10 bits per heavy atom. The third kappa shape index (κ3) is 3.11. The van der Waals surface area contributed by atoms with Crippen LogP contribution in [0.25, 0.3) is 0 Å². The molecule has 0 aromatic heterocycles. The Hall–Kier alpha value is -2.89. The summed E-state index contributed by atoms with van der Waals surface area (Å²) < 4.78 is 10.3. The number of ether oxygens (including phenoxy) is 2. The molecule has 2 aromatic carbocycles. The lowest BCUT2D eigenvalue weighted by Crippen LogP contribution is -2.02. The van der Waals surface area contributed by atoms with Gasteiger partial charge < -0.3 is 24.8 Å². The molecule has 2 rings (SSSR count). The molecular formula is C14H12O6. The molecule has 0 heterocycles. The number of phenols is 3. The number of phenolic OH excluding ortho intramolecular Hbond substituents is 3. The van der Waals surface area contributed by atoms with Gasteiger partial charge in [-0.05, 0) is 24.3 Å². The van der Waals surface area contributed by atoms with Crippen LogP contribution in [0, 0.1) is 0 Å². The largest absolute Gasteiger partial charge is 0.508 e. The number of hydrogen-bond acceptors (Lipinski definition) is 6. The number of hydrogen-bond donors (Lipinski definition) is 3. The molecule has 6 heteroatoms. The highest BCUT2D eigenvalue weighted by Crippen LogP contribution is 2.39. The lowest BCUT2D eigenvalue weighted by Gasteiger charge is -2.12. The van der Waals surface area contributed by atoms with E-state index in [9.17, 15) is 20.1 Å². The number of carbonyl (C=O) groups excluding carboxylic acids is 1. The average molecular weight is 276 g/mol. The van der Waals surface area contributed by atoms with Gasteiger partial charge in [-0.15, -0.1) is 0 Å². The Morgan fingerprint density at radius 2 is 1.50 bits per heavy atom. The van der Waals surface area contributed by atoms with Gasteiger partial charge in [-0.1, -0.05) is 0 Å². The zero-order valence-corrected chi connectivity index (χ0v) is 10.5. The normalized spacial score (nSPS) is 10.1. The Kier molecular flexibility index (Phi) is 3.65. The highest BCUT2D eigenvalue weighted by Gasteiger charge is 2.12. The molecule has 0 atom stereocenters. The fourth-order valence-electron chi connectivity index (χ4n) is 1.53. The lowest BCUT2D eigenvalue weighted by atomic mass is 10.2. The van der Waals surface area contributed by atoms with Crippen molar-refractivity contribution in [2.24, 2.45) is 0 Å². The van der Waals surface area contributed by atoms with E-state index in [-0.39, 0.29) is 34.5 Å². The summed E-state index contributed by atoms with van der Waals surface area (Å²) in [7, 11) is 0. The molecule has 0 fully saturated rings. The molecule has 0 aliphatic heterocycles. The van der Waals surface area contributed by atoms with Crippen LogP contribution in [0.15, 0.2) is 36.4 Å². The van der Waals surface area contributed by atoms with Gasteiger partial charge in [0.05, 0.1) is 0 Å². The summed E-state index contributed by atoms with van der Waals surface area (Å²) in [5.41, 5.74) is 0. The van der Waals surface area contributed by atoms with E-state index < -0.39 is 5.97 Å². The molecule has 6 nitrogen and oxygen atoms in total. The SMILES string of the molecule is CC(=O)Oc1ccc(O)cc1Oc1ccc(O)cc1O. The van der Waals surface area contributed by atoms with E-state index in [1.807, 2.05) is 0 Å². The predicted octanol–water partition coefficient (Wildman–Crippen LogP) is 2.52. The molecule has 3 N–H and O–H groups in total. The predicted molar refractivity (Wildman–Crippen MR) is 69.3 cm³/mol. The van der Waals surface area contributed by atoms with Crippen LogP contribution in [0.1, 0.15) is 6.92 Å². The van der Waals surface area contributed by atoms with Crippen molar-refractivity contribution in [2.45, 2.75) is 6.92 Å². The topological polar surface area (TPSA) is 96.2 Å². The first-order chi connectivity index (χ1) is 9.45. The van der Waals surface area contributed by atoms with Gasteiger partial charge in [-0.2, -0.15) is 0 Å². The van der Waals surface area contributed by atoms with Gasteiger partial charge in [0.25, 0.3) is 0 Å². The summed E-state index contributed by atoms with van der Waals surface area (Å²) in [4.78, 5) is 11.0. The fourth-order valence-corrected chi connectivity index (χ4v) is 1.53. The van der Waals surface area contributed by atoms with E-state index in [0.717, 1.165) is 6.07 Å². The summed E-state index contributed by atoms with van der Waals surface area (Å²) >= 11 is 0.